The number of rotatable bonds is 4. The highest BCUT2D eigenvalue weighted by Gasteiger charge is 2.09. The molecule has 0 aliphatic heterocycles. The first-order valence-electron chi connectivity index (χ1n) is 7.75. The van der Waals surface area contributed by atoms with E-state index in [4.69, 9.17) is 0 Å². The van der Waals surface area contributed by atoms with Gasteiger partial charge in [0.15, 0.2) is 0 Å². The van der Waals surface area contributed by atoms with Crippen molar-refractivity contribution in [2.75, 3.05) is 10.6 Å². The van der Waals surface area contributed by atoms with Crippen LogP contribution in [0.25, 0.3) is 0 Å². The molecule has 5 heteroatoms. The Labute approximate surface area is 131 Å². The molecule has 0 aromatic heterocycles. The second-order valence-electron chi connectivity index (χ2n) is 5.61. The normalized spacial score (nSPS) is 15.5. The summed E-state index contributed by atoms with van der Waals surface area (Å²) in [7, 11) is 0. The van der Waals surface area contributed by atoms with E-state index in [-0.39, 0.29) is 11.9 Å². The molecule has 3 amide bonds. The van der Waals surface area contributed by atoms with Crippen LogP contribution >= 0.6 is 0 Å². The second kappa shape index (κ2) is 8.22. The maximum absolute atomic E-state index is 11.8. The van der Waals surface area contributed by atoms with Crippen LogP contribution in [0.2, 0.25) is 0 Å². The number of hydrogen-bond acceptors (Lipinski definition) is 2. The van der Waals surface area contributed by atoms with Crippen LogP contribution in [0.15, 0.2) is 36.5 Å². The zero-order valence-electron chi connectivity index (χ0n) is 12.9. The highest BCUT2D eigenvalue weighted by molar-refractivity contribution is 5.91. The van der Waals surface area contributed by atoms with Crippen molar-refractivity contribution < 1.29 is 9.59 Å². The smallest absolute Gasteiger partial charge is 0.323 e. The average molecular weight is 301 g/mol. The lowest BCUT2D eigenvalue weighted by atomic mass is 9.89. The summed E-state index contributed by atoms with van der Waals surface area (Å²) in [5, 5.41) is 8.15. The van der Waals surface area contributed by atoms with Crippen LogP contribution in [0.1, 0.15) is 39.0 Å². The van der Waals surface area contributed by atoms with E-state index in [9.17, 15) is 9.59 Å². The number of urea groups is 1. The molecule has 0 spiro atoms. The molecule has 1 aliphatic carbocycles. The van der Waals surface area contributed by atoms with Crippen LogP contribution in [-0.2, 0) is 4.79 Å². The van der Waals surface area contributed by atoms with Gasteiger partial charge in [-0.1, -0.05) is 25.3 Å². The molecule has 118 valence electrons. The van der Waals surface area contributed by atoms with Crippen molar-refractivity contribution in [1.29, 1.82) is 0 Å². The Morgan fingerprint density at radius 1 is 1.00 bits per heavy atom. The number of hydrogen-bond donors (Lipinski definition) is 3. The number of allylic oxidation sites excluding steroid dienone is 1. The first-order chi connectivity index (χ1) is 10.6. The summed E-state index contributed by atoms with van der Waals surface area (Å²) in [6.07, 6.45) is 10.1. The molecule has 0 bridgehead atoms. The Kier molecular flexibility index (Phi) is 6.01. The SMILES string of the molecule is CC(=O)Nc1ccc(NC(=O)N/C=C/C2CCCCC2)cc1. The lowest BCUT2D eigenvalue weighted by Gasteiger charge is -2.17. The Balaban J connectivity index is 1.76. The van der Waals surface area contributed by atoms with Crippen LogP contribution in [0, 0.1) is 5.92 Å². The molecule has 0 unspecified atom stereocenters. The largest absolute Gasteiger partial charge is 0.326 e. The molecule has 0 atom stereocenters. The maximum Gasteiger partial charge on any atom is 0.323 e. The summed E-state index contributed by atoms with van der Waals surface area (Å²) >= 11 is 0. The van der Waals surface area contributed by atoms with E-state index in [1.165, 1.54) is 39.0 Å². The van der Waals surface area contributed by atoms with Gasteiger partial charge in [-0.15, -0.1) is 0 Å². The van der Waals surface area contributed by atoms with E-state index >= 15 is 0 Å². The third kappa shape index (κ3) is 5.60. The molecule has 1 aliphatic rings. The van der Waals surface area contributed by atoms with Crippen molar-refractivity contribution in [3.05, 3.63) is 36.5 Å². The van der Waals surface area contributed by atoms with Crippen molar-refractivity contribution in [2.24, 2.45) is 5.92 Å². The van der Waals surface area contributed by atoms with E-state index in [1.807, 2.05) is 0 Å². The number of nitrogens with one attached hydrogen (secondary N) is 3. The predicted octanol–water partition coefficient (Wildman–Crippen LogP) is 3.86. The molecule has 1 saturated carbocycles. The Morgan fingerprint density at radius 3 is 2.18 bits per heavy atom. The topological polar surface area (TPSA) is 70.2 Å². The van der Waals surface area contributed by atoms with Gasteiger partial charge >= 0.3 is 6.03 Å². The minimum Gasteiger partial charge on any atom is -0.326 e. The molecule has 1 aromatic carbocycles. The van der Waals surface area contributed by atoms with Crippen molar-refractivity contribution >= 4 is 23.3 Å². The first-order valence-corrected chi connectivity index (χ1v) is 7.75. The Hall–Kier alpha value is -2.30. The summed E-state index contributed by atoms with van der Waals surface area (Å²) in [6, 6.07) is 6.72. The molecule has 22 heavy (non-hydrogen) atoms. The van der Waals surface area contributed by atoms with Crippen LogP contribution < -0.4 is 16.0 Å². The van der Waals surface area contributed by atoms with Crippen LogP contribution in [0.4, 0.5) is 16.2 Å². The molecule has 5 nitrogen and oxygen atoms in total. The molecule has 3 N–H and O–H groups in total. The van der Waals surface area contributed by atoms with Gasteiger partial charge in [0.1, 0.15) is 0 Å². The van der Waals surface area contributed by atoms with Crippen molar-refractivity contribution in [2.45, 2.75) is 39.0 Å². The van der Waals surface area contributed by atoms with Crippen molar-refractivity contribution in [3.8, 4) is 0 Å². The standard InChI is InChI=1S/C17H23N3O2/c1-13(21)19-15-7-9-16(10-8-15)20-17(22)18-12-11-14-5-3-2-4-6-14/h7-12,14H,2-6H2,1H3,(H,19,21)(H2,18,20,22)/b12-11+. The fraction of sp³-hybridized carbons (Fsp3) is 0.412. The van der Waals surface area contributed by atoms with Crippen LogP contribution in [0.5, 0.6) is 0 Å². The number of carbonyl (C=O) groups excluding carboxylic acids is 2. The molecule has 1 fully saturated rings. The summed E-state index contributed by atoms with van der Waals surface area (Å²) < 4.78 is 0. The minimum absolute atomic E-state index is 0.119. The number of anilines is 2. The number of amides is 3. The fourth-order valence-corrected chi connectivity index (χ4v) is 2.59. The lowest BCUT2D eigenvalue weighted by molar-refractivity contribution is -0.114. The molecule has 0 radical (unpaired) electrons. The minimum atomic E-state index is -0.265. The van der Waals surface area contributed by atoms with Gasteiger partial charge in [-0.2, -0.15) is 0 Å². The summed E-state index contributed by atoms with van der Waals surface area (Å²) in [6.45, 7) is 1.46. The Bertz CT molecular complexity index is 531. The van der Waals surface area contributed by atoms with Crippen LogP contribution in [0.3, 0.4) is 0 Å². The van der Waals surface area contributed by atoms with E-state index in [0.717, 1.165) is 0 Å². The van der Waals surface area contributed by atoms with E-state index in [2.05, 4.69) is 22.0 Å². The molecule has 0 saturated heterocycles. The third-order valence-corrected chi connectivity index (χ3v) is 3.70. The molecular formula is C17H23N3O2. The van der Waals surface area contributed by atoms with E-state index in [1.54, 1.807) is 30.5 Å². The van der Waals surface area contributed by atoms with Gasteiger partial charge in [-0.25, -0.2) is 4.79 Å². The van der Waals surface area contributed by atoms with Crippen molar-refractivity contribution in [1.82, 2.24) is 5.32 Å². The summed E-state index contributed by atoms with van der Waals surface area (Å²) in [5.74, 6) is 0.470. The van der Waals surface area contributed by atoms with Gasteiger partial charge in [-0.3, -0.25) is 4.79 Å². The highest BCUT2D eigenvalue weighted by atomic mass is 16.2. The second-order valence-corrected chi connectivity index (χ2v) is 5.61. The lowest BCUT2D eigenvalue weighted by Crippen LogP contribution is -2.24. The van der Waals surface area contributed by atoms with Gasteiger partial charge in [-0.05, 0) is 43.0 Å². The first kappa shape index (κ1) is 16.1. The summed E-state index contributed by atoms with van der Waals surface area (Å²) in [4.78, 5) is 22.7. The third-order valence-electron chi connectivity index (χ3n) is 3.70. The summed E-state index contributed by atoms with van der Waals surface area (Å²) in [5.41, 5.74) is 1.38. The van der Waals surface area contributed by atoms with Gasteiger partial charge in [0.25, 0.3) is 0 Å². The monoisotopic (exact) mass is 301 g/mol. The molecular weight excluding hydrogens is 278 g/mol. The quantitative estimate of drug-likeness (QED) is 0.790. The van der Waals surface area contributed by atoms with Gasteiger partial charge in [0.2, 0.25) is 5.91 Å². The molecule has 1 aromatic rings. The average Bonchev–Trinajstić information content (AvgIpc) is 2.50. The zero-order chi connectivity index (χ0) is 15.8. The predicted molar refractivity (Wildman–Crippen MR) is 88.6 cm³/mol. The fourth-order valence-electron chi connectivity index (χ4n) is 2.59. The molecule has 2 rings (SSSR count). The van der Waals surface area contributed by atoms with Gasteiger partial charge in [0, 0.05) is 24.5 Å². The Morgan fingerprint density at radius 2 is 1.59 bits per heavy atom. The zero-order valence-corrected chi connectivity index (χ0v) is 12.9. The van der Waals surface area contributed by atoms with Gasteiger partial charge < -0.3 is 16.0 Å². The molecule has 0 heterocycles. The van der Waals surface area contributed by atoms with Crippen LogP contribution in [-0.4, -0.2) is 11.9 Å². The van der Waals surface area contributed by atoms with E-state index < -0.39 is 0 Å². The number of benzene rings is 1. The van der Waals surface area contributed by atoms with E-state index in [0.29, 0.717) is 17.3 Å². The highest BCUT2D eigenvalue weighted by Crippen LogP contribution is 2.24. The van der Waals surface area contributed by atoms with Crippen molar-refractivity contribution in [3.63, 3.8) is 0 Å². The number of carbonyl (C=O) groups is 2. The van der Waals surface area contributed by atoms with Gasteiger partial charge in [0.05, 0.1) is 0 Å². The maximum atomic E-state index is 11.8.